The van der Waals surface area contributed by atoms with Gasteiger partial charge < -0.3 is 19.5 Å². The van der Waals surface area contributed by atoms with Crippen LogP contribution in [0.25, 0.3) is 6.08 Å². The number of anilines is 1. The predicted octanol–water partition coefficient (Wildman–Crippen LogP) is 3.27. The molecule has 0 aliphatic heterocycles. The van der Waals surface area contributed by atoms with Gasteiger partial charge in [-0.3, -0.25) is 0 Å². The Hall–Kier alpha value is -2.46. The maximum atomic E-state index is 10.9. The molecule has 0 amide bonds. The molecule has 1 aliphatic rings. The molecule has 2 atom stereocenters. The zero-order valence-corrected chi connectivity index (χ0v) is 13.6. The van der Waals surface area contributed by atoms with E-state index in [0.717, 1.165) is 16.8 Å². The molecule has 0 radical (unpaired) electrons. The standard InChI is InChI=1S/C19H21NO3/c1-20(13-7-5-4-6-8-13)17-10-9-15-16(19(17)21)11-14(22-2)12-18(15)23-3/h4-12,17,19,21H,1-3H3/t17-,19-/m0/s1. The van der Waals surface area contributed by atoms with Crippen molar-refractivity contribution in [2.24, 2.45) is 0 Å². The second-order valence-corrected chi connectivity index (χ2v) is 5.57. The van der Waals surface area contributed by atoms with Crippen LogP contribution in [0.1, 0.15) is 17.2 Å². The van der Waals surface area contributed by atoms with Gasteiger partial charge in [-0.05, 0) is 23.8 Å². The molecule has 0 bridgehead atoms. The number of nitrogens with zero attached hydrogens (tertiary/aromatic N) is 1. The molecular formula is C19H21NO3. The lowest BCUT2D eigenvalue weighted by atomic mass is 9.89. The van der Waals surface area contributed by atoms with Gasteiger partial charge in [-0.1, -0.05) is 30.4 Å². The summed E-state index contributed by atoms with van der Waals surface area (Å²) in [7, 11) is 5.22. The van der Waals surface area contributed by atoms with Crippen LogP contribution in [0, 0.1) is 0 Å². The lowest BCUT2D eigenvalue weighted by Crippen LogP contribution is -2.37. The number of hydrogen-bond acceptors (Lipinski definition) is 4. The highest BCUT2D eigenvalue weighted by atomic mass is 16.5. The summed E-state index contributed by atoms with van der Waals surface area (Å²) in [5, 5.41) is 10.9. The van der Waals surface area contributed by atoms with Crippen LogP contribution in [0.15, 0.2) is 48.5 Å². The molecule has 23 heavy (non-hydrogen) atoms. The Morgan fingerprint density at radius 1 is 1.04 bits per heavy atom. The molecule has 2 aromatic rings. The van der Waals surface area contributed by atoms with Gasteiger partial charge in [0.05, 0.1) is 20.3 Å². The molecule has 0 saturated carbocycles. The molecule has 3 rings (SSSR count). The SMILES string of the molecule is COc1cc(OC)c2c(c1)[C@H](O)[C@@H](N(C)c1ccccc1)C=C2. The highest BCUT2D eigenvalue weighted by Gasteiger charge is 2.30. The number of methoxy groups -OCH3 is 2. The van der Waals surface area contributed by atoms with Crippen LogP contribution in [0.4, 0.5) is 5.69 Å². The van der Waals surface area contributed by atoms with Gasteiger partial charge in [-0.25, -0.2) is 0 Å². The third kappa shape index (κ3) is 2.78. The molecule has 1 aliphatic carbocycles. The molecule has 1 N–H and O–H groups in total. The van der Waals surface area contributed by atoms with Crippen LogP contribution in [-0.2, 0) is 0 Å². The molecule has 0 spiro atoms. The quantitative estimate of drug-likeness (QED) is 0.941. The summed E-state index contributed by atoms with van der Waals surface area (Å²) in [5.74, 6) is 1.38. The average molecular weight is 311 g/mol. The molecule has 4 heteroatoms. The Morgan fingerprint density at radius 2 is 1.78 bits per heavy atom. The van der Waals surface area contributed by atoms with E-state index in [-0.39, 0.29) is 6.04 Å². The van der Waals surface area contributed by atoms with E-state index in [2.05, 4.69) is 4.90 Å². The fourth-order valence-electron chi connectivity index (χ4n) is 2.99. The fraction of sp³-hybridized carbons (Fsp3) is 0.263. The van der Waals surface area contributed by atoms with Gasteiger partial charge in [-0.2, -0.15) is 0 Å². The number of aliphatic hydroxyl groups excluding tert-OH is 1. The van der Waals surface area contributed by atoms with Crippen molar-refractivity contribution in [3.05, 3.63) is 59.7 Å². The van der Waals surface area contributed by atoms with E-state index >= 15 is 0 Å². The highest BCUT2D eigenvalue weighted by Crippen LogP contribution is 2.39. The van der Waals surface area contributed by atoms with Crippen molar-refractivity contribution in [1.82, 2.24) is 0 Å². The van der Waals surface area contributed by atoms with Crippen LogP contribution in [0.2, 0.25) is 0 Å². The number of likely N-dealkylation sites (N-methyl/N-ethyl adjacent to an activating group) is 1. The van der Waals surface area contributed by atoms with E-state index < -0.39 is 6.10 Å². The monoisotopic (exact) mass is 311 g/mol. The first-order chi connectivity index (χ1) is 11.2. The normalized spacial score (nSPS) is 19.1. The summed E-state index contributed by atoms with van der Waals surface area (Å²) in [4.78, 5) is 2.07. The van der Waals surface area contributed by atoms with Gasteiger partial charge in [-0.15, -0.1) is 0 Å². The van der Waals surface area contributed by atoms with Crippen LogP contribution in [-0.4, -0.2) is 32.4 Å². The number of hydrogen-bond donors (Lipinski definition) is 1. The van der Waals surface area contributed by atoms with Crippen molar-refractivity contribution in [2.45, 2.75) is 12.1 Å². The number of ether oxygens (including phenoxy) is 2. The minimum Gasteiger partial charge on any atom is -0.497 e. The first-order valence-electron chi connectivity index (χ1n) is 7.55. The Morgan fingerprint density at radius 3 is 2.43 bits per heavy atom. The summed E-state index contributed by atoms with van der Waals surface area (Å²) >= 11 is 0. The molecule has 4 nitrogen and oxygen atoms in total. The first-order valence-corrected chi connectivity index (χ1v) is 7.55. The van der Waals surface area contributed by atoms with E-state index in [1.165, 1.54) is 0 Å². The van der Waals surface area contributed by atoms with E-state index in [4.69, 9.17) is 9.47 Å². The van der Waals surface area contributed by atoms with Crippen molar-refractivity contribution < 1.29 is 14.6 Å². The van der Waals surface area contributed by atoms with Crippen molar-refractivity contribution in [3.63, 3.8) is 0 Å². The summed E-state index contributed by atoms with van der Waals surface area (Å²) in [5.41, 5.74) is 2.77. The van der Waals surface area contributed by atoms with Gasteiger partial charge in [0.1, 0.15) is 17.6 Å². The number of para-hydroxylation sites is 1. The van der Waals surface area contributed by atoms with Crippen LogP contribution >= 0.6 is 0 Å². The second-order valence-electron chi connectivity index (χ2n) is 5.57. The molecule has 120 valence electrons. The molecule has 2 aromatic carbocycles. The molecule has 0 aromatic heterocycles. The summed E-state index contributed by atoms with van der Waals surface area (Å²) in [6.07, 6.45) is 3.35. The van der Waals surface area contributed by atoms with Gasteiger partial charge in [0.15, 0.2) is 0 Å². The third-order valence-electron chi connectivity index (χ3n) is 4.32. The molecular weight excluding hydrogens is 290 g/mol. The fourth-order valence-corrected chi connectivity index (χ4v) is 2.99. The van der Waals surface area contributed by atoms with Crippen molar-refractivity contribution >= 4 is 11.8 Å². The lowest BCUT2D eigenvalue weighted by Gasteiger charge is -2.35. The molecule has 0 fully saturated rings. The van der Waals surface area contributed by atoms with Gasteiger partial charge >= 0.3 is 0 Å². The topological polar surface area (TPSA) is 41.9 Å². The van der Waals surface area contributed by atoms with E-state index in [0.29, 0.717) is 11.5 Å². The van der Waals surface area contributed by atoms with Gasteiger partial charge in [0.2, 0.25) is 0 Å². The maximum Gasteiger partial charge on any atom is 0.130 e. The highest BCUT2D eigenvalue weighted by molar-refractivity contribution is 5.68. The van der Waals surface area contributed by atoms with Crippen LogP contribution < -0.4 is 14.4 Å². The maximum absolute atomic E-state index is 10.9. The first kappa shape index (κ1) is 15.4. The summed E-state index contributed by atoms with van der Waals surface area (Å²) in [6.45, 7) is 0. The number of fused-ring (bicyclic) bond motifs is 1. The van der Waals surface area contributed by atoms with Crippen molar-refractivity contribution in [2.75, 3.05) is 26.2 Å². The largest absolute Gasteiger partial charge is 0.497 e. The lowest BCUT2D eigenvalue weighted by molar-refractivity contribution is 0.158. The minimum atomic E-state index is -0.663. The van der Waals surface area contributed by atoms with Crippen molar-refractivity contribution in [1.29, 1.82) is 0 Å². The zero-order chi connectivity index (χ0) is 16.4. The molecule has 0 saturated heterocycles. The van der Waals surface area contributed by atoms with Gasteiger partial charge in [0, 0.05) is 24.4 Å². The van der Waals surface area contributed by atoms with Crippen LogP contribution in [0.3, 0.4) is 0 Å². The second kappa shape index (κ2) is 6.34. The predicted molar refractivity (Wildman–Crippen MR) is 92.2 cm³/mol. The van der Waals surface area contributed by atoms with Crippen molar-refractivity contribution in [3.8, 4) is 11.5 Å². The Balaban J connectivity index is 1.99. The molecule has 0 unspecified atom stereocenters. The van der Waals surface area contributed by atoms with E-state index in [9.17, 15) is 5.11 Å². The average Bonchev–Trinajstić information content (AvgIpc) is 2.61. The smallest absolute Gasteiger partial charge is 0.130 e. The summed E-state index contributed by atoms with van der Waals surface area (Å²) < 4.78 is 10.8. The van der Waals surface area contributed by atoms with E-state index in [1.54, 1.807) is 14.2 Å². The number of rotatable bonds is 4. The van der Waals surface area contributed by atoms with Gasteiger partial charge in [0.25, 0.3) is 0 Å². The summed E-state index contributed by atoms with van der Waals surface area (Å²) in [6, 6.07) is 13.6. The minimum absolute atomic E-state index is 0.151. The van der Waals surface area contributed by atoms with E-state index in [1.807, 2.05) is 61.7 Å². The number of benzene rings is 2. The Labute approximate surface area is 136 Å². The Kier molecular flexibility index (Phi) is 4.26. The number of aliphatic hydroxyl groups is 1. The third-order valence-corrected chi connectivity index (χ3v) is 4.32. The van der Waals surface area contributed by atoms with Crippen LogP contribution in [0.5, 0.6) is 11.5 Å². The molecule has 0 heterocycles. The zero-order valence-electron chi connectivity index (χ0n) is 13.6. The Bertz CT molecular complexity index is 712.